The van der Waals surface area contributed by atoms with Gasteiger partial charge in [-0.25, -0.2) is 0 Å². The van der Waals surface area contributed by atoms with Crippen LogP contribution in [-0.2, 0) is 4.79 Å². The van der Waals surface area contributed by atoms with E-state index in [4.69, 9.17) is 5.73 Å². The molecule has 0 aromatic rings. The molecule has 0 bridgehead atoms. The van der Waals surface area contributed by atoms with E-state index in [0.717, 1.165) is 19.4 Å². The molecule has 1 fully saturated rings. The summed E-state index contributed by atoms with van der Waals surface area (Å²) in [5.74, 6) is 0.210. The van der Waals surface area contributed by atoms with Gasteiger partial charge in [-0.15, -0.1) is 0 Å². The summed E-state index contributed by atoms with van der Waals surface area (Å²) in [5, 5.41) is 3.22. The number of hydrogen-bond donors (Lipinski definition) is 2. The molecule has 0 aliphatic carbocycles. The van der Waals surface area contributed by atoms with Crippen molar-refractivity contribution in [3.63, 3.8) is 0 Å². The summed E-state index contributed by atoms with van der Waals surface area (Å²) < 4.78 is 0. The first-order valence-corrected chi connectivity index (χ1v) is 4.28. The summed E-state index contributed by atoms with van der Waals surface area (Å²) in [6.45, 7) is 2.38. The molecule has 1 aliphatic heterocycles. The Labute approximate surface area is 72.2 Å². The van der Waals surface area contributed by atoms with Crippen LogP contribution in [0.2, 0.25) is 0 Å². The number of hydrogen-bond acceptors (Lipinski definition) is 2. The van der Waals surface area contributed by atoms with Gasteiger partial charge in [0.2, 0.25) is 5.91 Å². The fourth-order valence-electron chi connectivity index (χ4n) is 1.36. The van der Waals surface area contributed by atoms with E-state index in [0.29, 0.717) is 5.84 Å². The van der Waals surface area contributed by atoms with Crippen molar-refractivity contribution in [2.24, 2.45) is 10.7 Å². The molecule has 1 heterocycles. The Balaban J connectivity index is 2.49. The Morgan fingerprint density at radius 3 is 2.83 bits per heavy atom. The molecular formula is C8H15N3O. The van der Waals surface area contributed by atoms with Gasteiger partial charge in [0.05, 0.1) is 6.04 Å². The lowest BCUT2D eigenvalue weighted by atomic mass is 10.0. The van der Waals surface area contributed by atoms with Crippen molar-refractivity contribution in [1.29, 1.82) is 0 Å². The van der Waals surface area contributed by atoms with E-state index >= 15 is 0 Å². The van der Waals surface area contributed by atoms with E-state index in [1.807, 2.05) is 0 Å². The molecule has 1 atom stereocenters. The van der Waals surface area contributed by atoms with Crippen molar-refractivity contribution in [3.8, 4) is 0 Å². The summed E-state index contributed by atoms with van der Waals surface area (Å²) in [6.07, 6.45) is 3.33. The van der Waals surface area contributed by atoms with E-state index in [9.17, 15) is 4.79 Å². The van der Waals surface area contributed by atoms with E-state index in [1.54, 1.807) is 0 Å². The molecule has 1 rings (SSSR count). The normalized spacial score (nSPS) is 25.4. The lowest BCUT2D eigenvalue weighted by Gasteiger charge is -2.22. The molecule has 12 heavy (non-hydrogen) atoms. The zero-order valence-corrected chi connectivity index (χ0v) is 7.34. The molecule has 68 valence electrons. The largest absolute Gasteiger partial charge is 0.386 e. The van der Waals surface area contributed by atoms with Gasteiger partial charge < -0.3 is 11.1 Å². The molecular weight excluding hydrogens is 154 g/mol. The molecule has 0 radical (unpaired) electrons. The third-order valence-corrected chi connectivity index (χ3v) is 1.95. The lowest BCUT2D eigenvalue weighted by Crippen LogP contribution is -2.44. The van der Waals surface area contributed by atoms with Gasteiger partial charge in [-0.1, -0.05) is 6.42 Å². The molecule has 1 saturated heterocycles. The van der Waals surface area contributed by atoms with Crippen molar-refractivity contribution in [2.75, 3.05) is 6.54 Å². The third kappa shape index (κ3) is 2.62. The highest BCUT2D eigenvalue weighted by molar-refractivity contribution is 5.95. The molecule has 0 saturated carbocycles. The monoisotopic (exact) mass is 169 g/mol. The van der Waals surface area contributed by atoms with Gasteiger partial charge in [0, 0.05) is 6.92 Å². The van der Waals surface area contributed by atoms with Gasteiger partial charge in [-0.05, 0) is 19.4 Å². The number of amides is 1. The number of nitrogens with one attached hydrogen (secondary N) is 1. The minimum atomic E-state index is -0.222. The van der Waals surface area contributed by atoms with Crippen LogP contribution in [0.5, 0.6) is 0 Å². The highest BCUT2D eigenvalue weighted by Crippen LogP contribution is 2.06. The first-order valence-electron chi connectivity index (χ1n) is 4.28. The molecule has 1 unspecified atom stereocenters. The number of carbonyl (C=O) groups is 1. The van der Waals surface area contributed by atoms with Crippen LogP contribution in [-0.4, -0.2) is 24.3 Å². The number of aliphatic imine (C=N–C) groups is 1. The summed E-state index contributed by atoms with van der Waals surface area (Å²) in [6, 6.07) is 0.114. The summed E-state index contributed by atoms with van der Waals surface area (Å²) in [7, 11) is 0. The Bertz CT molecular complexity index is 194. The average Bonchev–Trinajstić information content (AvgIpc) is 2.05. The third-order valence-electron chi connectivity index (χ3n) is 1.95. The topological polar surface area (TPSA) is 67.5 Å². The van der Waals surface area contributed by atoms with E-state index in [1.165, 1.54) is 13.3 Å². The van der Waals surface area contributed by atoms with Crippen LogP contribution in [0.1, 0.15) is 26.2 Å². The fraction of sp³-hybridized carbons (Fsp3) is 0.750. The number of carbonyl (C=O) groups excluding carboxylic acids is 1. The van der Waals surface area contributed by atoms with E-state index in [2.05, 4.69) is 10.3 Å². The first kappa shape index (κ1) is 9.19. The molecule has 4 nitrogen and oxygen atoms in total. The van der Waals surface area contributed by atoms with Gasteiger partial charge >= 0.3 is 0 Å². The summed E-state index contributed by atoms with van der Waals surface area (Å²) in [4.78, 5) is 14.3. The number of rotatable bonds is 1. The van der Waals surface area contributed by atoms with Gasteiger partial charge in [-0.3, -0.25) is 4.79 Å². The zero-order chi connectivity index (χ0) is 8.97. The molecule has 0 spiro atoms. The molecule has 3 N–H and O–H groups in total. The van der Waals surface area contributed by atoms with Gasteiger partial charge in [0.25, 0.3) is 0 Å². The second kappa shape index (κ2) is 4.21. The quantitative estimate of drug-likeness (QED) is 0.430. The Morgan fingerprint density at radius 2 is 2.33 bits per heavy atom. The van der Waals surface area contributed by atoms with Crippen molar-refractivity contribution >= 4 is 11.7 Å². The van der Waals surface area contributed by atoms with Crippen LogP contribution >= 0.6 is 0 Å². The van der Waals surface area contributed by atoms with Crippen LogP contribution in [0, 0.1) is 0 Å². The van der Waals surface area contributed by atoms with Crippen molar-refractivity contribution in [1.82, 2.24) is 5.32 Å². The Morgan fingerprint density at radius 1 is 1.58 bits per heavy atom. The lowest BCUT2D eigenvalue weighted by molar-refractivity contribution is -0.115. The van der Waals surface area contributed by atoms with Crippen molar-refractivity contribution in [2.45, 2.75) is 32.2 Å². The molecule has 0 aromatic heterocycles. The number of piperidine rings is 1. The number of nitrogens with two attached hydrogens (primary N) is 1. The highest BCUT2D eigenvalue weighted by atomic mass is 16.1. The van der Waals surface area contributed by atoms with Crippen molar-refractivity contribution in [3.05, 3.63) is 0 Å². The van der Waals surface area contributed by atoms with Gasteiger partial charge in [0.1, 0.15) is 5.84 Å². The summed E-state index contributed by atoms with van der Waals surface area (Å²) in [5.41, 5.74) is 5.62. The van der Waals surface area contributed by atoms with Crippen LogP contribution in [0.25, 0.3) is 0 Å². The van der Waals surface area contributed by atoms with Crippen molar-refractivity contribution < 1.29 is 4.79 Å². The summed E-state index contributed by atoms with van der Waals surface area (Å²) >= 11 is 0. The molecule has 1 amide bonds. The van der Waals surface area contributed by atoms with E-state index in [-0.39, 0.29) is 11.9 Å². The standard InChI is InChI=1S/C8H15N3O/c1-6(12)11-8(9)7-4-2-3-5-10-7/h7,10H,2-5H2,1H3,(H2,9,11,12). The maximum atomic E-state index is 10.6. The van der Waals surface area contributed by atoms with Gasteiger partial charge in [-0.2, -0.15) is 4.99 Å². The zero-order valence-electron chi connectivity index (χ0n) is 7.34. The van der Waals surface area contributed by atoms with Crippen LogP contribution in [0.3, 0.4) is 0 Å². The first-order chi connectivity index (χ1) is 5.70. The molecule has 0 aromatic carbocycles. The second-order valence-electron chi connectivity index (χ2n) is 3.06. The van der Waals surface area contributed by atoms with Crippen LogP contribution < -0.4 is 11.1 Å². The smallest absolute Gasteiger partial charge is 0.244 e. The highest BCUT2D eigenvalue weighted by Gasteiger charge is 2.15. The predicted octanol–water partition coefficient (Wildman–Crippen LogP) is 0.0322. The Hall–Kier alpha value is -0.900. The van der Waals surface area contributed by atoms with Crippen LogP contribution in [0.15, 0.2) is 4.99 Å². The minimum Gasteiger partial charge on any atom is -0.386 e. The second-order valence-corrected chi connectivity index (χ2v) is 3.06. The minimum absolute atomic E-state index is 0.114. The average molecular weight is 169 g/mol. The SMILES string of the molecule is CC(=O)N=C(N)C1CCCCN1. The maximum absolute atomic E-state index is 10.6. The predicted molar refractivity (Wildman–Crippen MR) is 47.9 cm³/mol. The van der Waals surface area contributed by atoms with E-state index < -0.39 is 0 Å². The van der Waals surface area contributed by atoms with Crippen LogP contribution in [0.4, 0.5) is 0 Å². The fourth-order valence-corrected chi connectivity index (χ4v) is 1.36. The molecule has 4 heteroatoms. The number of amidine groups is 1. The van der Waals surface area contributed by atoms with Gasteiger partial charge in [0.15, 0.2) is 0 Å². The molecule has 1 aliphatic rings. The Kier molecular flexibility index (Phi) is 3.22. The number of nitrogens with zero attached hydrogens (tertiary/aromatic N) is 1. The maximum Gasteiger partial charge on any atom is 0.244 e.